The van der Waals surface area contributed by atoms with Gasteiger partial charge in [-0.1, -0.05) is 0 Å². The standard InChI is InChI=1S/C21H23N5O4S/c1-21(2,3)20(27)30-11-15-12-31-19(23-15)16-9-14-7-13(10-25-6-4-5-22-25)8-17(26(28)29)18(14)24-16/h4-9,15,24H,10-12H2,1-3H3. The molecular formula is C21H23N5O4S. The largest absolute Gasteiger partial charge is 0.463 e. The van der Waals surface area contributed by atoms with E-state index in [2.05, 4.69) is 15.1 Å². The lowest BCUT2D eigenvalue weighted by molar-refractivity contribution is -0.383. The average Bonchev–Trinajstić information content (AvgIpc) is 3.44. The van der Waals surface area contributed by atoms with E-state index in [1.54, 1.807) is 28.7 Å². The van der Waals surface area contributed by atoms with E-state index < -0.39 is 5.41 Å². The van der Waals surface area contributed by atoms with E-state index in [1.165, 1.54) is 0 Å². The molecule has 0 aliphatic carbocycles. The number of carbonyl (C=O) groups is 1. The van der Waals surface area contributed by atoms with Gasteiger partial charge in [-0.3, -0.25) is 24.6 Å². The van der Waals surface area contributed by atoms with Crippen molar-refractivity contribution in [2.24, 2.45) is 10.4 Å². The van der Waals surface area contributed by atoms with Gasteiger partial charge < -0.3 is 9.72 Å². The fourth-order valence-electron chi connectivity index (χ4n) is 3.25. The second kappa shape index (κ2) is 8.18. The van der Waals surface area contributed by atoms with Gasteiger partial charge in [0.05, 0.1) is 28.6 Å². The smallest absolute Gasteiger partial charge is 0.311 e. The SMILES string of the molecule is CC(C)(C)C(=O)OCC1CSC(c2cc3cc(Cn4cccn4)cc([N+](=O)[O-])c3[nH]2)=N1. The summed E-state index contributed by atoms with van der Waals surface area (Å²) in [5.41, 5.74) is 1.45. The van der Waals surface area contributed by atoms with Crippen LogP contribution in [0.2, 0.25) is 0 Å². The van der Waals surface area contributed by atoms with E-state index >= 15 is 0 Å². The normalized spacial score (nSPS) is 16.5. The molecule has 0 saturated heterocycles. The number of benzene rings is 1. The molecule has 3 heterocycles. The number of aromatic nitrogens is 3. The topological polar surface area (TPSA) is 115 Å². The molecule has 1 aliphatic heterocycles. The molecule has 2 aromatic heterocycles. The Kier molecular flexibility index (Phi) is 5.57. The van der Waals surface area contributed by atoms with E-state index in [-0.39, 0.29) is 29.2 Å². The summed E-state index contributed by atoms with van der Waals surface area (Å²) in [7, 11) is 0. The maximum atomic E-state index is 12.0. The summed E-state index contributed by atoms with van der Waals surface area (Å²) in [6.45, 7) is 6.10. The number of hydrogen-bond donors (Lipinski definition) is 1. The molecule has 1 N–H and O–H groups in total. The number of ether oxygens (including phenoxy) is 1. The second-order valence-corrected chi connectivity index (χ2v) is 9.48. The Labute approximate surface area is 183 Å². The molecule has 4 rings (SSSR count). The van der Waals surface area contributed by atoms with Crippen molar-refractivity contribution in [2.45, 2.75) is 33.4 Å². The van der Waals surface area contributed by atoms with E-state index in [9.17, 15) is 14.9 Å². The second-order valence-electron chi connectivity index (χ2n) is 8.47. The van der Waals surface area contributed by atoms with Gasteiger partial charge in [0.15, 0.2) is 0 Å². The van der Waals surface area contributed by atoms with Crippen LogP contribution in [0.5, 0.6) is 0 Å². The molecule has 0 saturated carbocycles. The van der Waals surface area contributed by atoms with Gasteiger partial charge in [-0.05, 0) is 44.5 Å². The monoisotopic (exact) mass is 441 g/mol. The Morgan fingerprint density at radius 1 is 1.39 bits per heavy atom. The van der Waals surface area contributed by atoms with Crippen molar-refractivity contribution in [1.82, 2.24) is 14.8 Å². The van der Waals surface area contributed by atoms with Gasteiger partial charge in [0, 0.05) is 29.6 Å². The van der Waals surface area contributed by atoms with E-state index in [1.807, 2.05) is 45.2 Å². The van der Waals surface area contributed by atoms with Crippen LogP contribution in [-0.4, -0.2) is 49.1 Å². The van der Waals surface area contributed by atoms with Crippen molar-refractivity contribution < 1.29 is 14.5 Å². The van der Waals surface area contributed by atoms with E-state index in [0.717, 1.165) is 21.7 Å². The van der Waals surface area contributed by atoms with Gasteiger partial charge in [-0.15, -0.1) is 11.8 Å². The van der Waals surface area contributed by atoms with Crippen LogP contribution in [0.15, 0.2) is 41.7 Å². The van der Waals surface area contributed by atoms with Crippen molar-refractivity contribution in [3.05, 3.63) is 58.0 Å². The molecule has 31 heavy (non-hydrogen) atoms. The summed E-state index contributed by atoms with van der Waals surface area (Å²) >= 11 is 1.54. The lowest BCUT2D eigenvalue weighted by atomic mass is 9.97. The summed E-state index contributed by atoms with van der Waals surface area (Å²) in [6.07, 6.45) is 3.49. The molecule has 0 radical (unpaired) electrons. The first kappa shape index (κ1) is 21.1. The number of nitro benzene ring substituents is 1. The molecule has 10 heteroatoms. The highest BCUT2D eigenvalue weighted by Gasteiger charge is 2.27. The van der Waals surface area contributed by atoms with E-state index in [0.29, 0.717) is 17.8 Å². The predicted octanol–water partition coefficient (Wildman–Crippen LogP) is 3.77. The zero-order valence-corrected chi connectivity index (χ0v) is 18.3. The van der Waals surface area contributed by atoms with Crippen LogP contribution in [0.25, 0.3) is 10.9 Å². The number of fused-ring (bicyclic) bond motifs is 1. The van der Waals surface area contributed by atoms with Gasteiger partial charge in [-0.25, -0.2) is 0 Å². The number of esters is 1. The van der Waals surface area contributed by atoms with Crippen LogP contribution in [-0.2, 0) is 16.1 Å². The van der Waals surface area contributed by atoms with Crippen molar-refractivity contribution in [2.75, 3.05) is 12.4 Å². The summed E-state index contributed by atoms with van der Waals surface area (Å²) in [6, 6.07) is 7.05. The molecule has 0 spiro atoms. The first-order valence-electron chi connectivity index (χ1n) is 9.86. The number of non-ortho nitro benzene ring substituents is 1. The molecule has 0 amide bonds. The Morgan fingerprint density at radius 3 is 2.87 bits per heavy atom. The maximum Gasteiger partial charge on any atom is 0.311 e. The summed E-state index contributed by atoms with van der Waals surface area (Å²) < 4.78 is 7.10. The van der Waals surface area contributed by atoms with Crippen molar-refractivity contribution in [3.63, 3.8) is 0 Å². The van der Waals surface area contributed by atoms with Gasteiger partial charge in [0.25, 0.3) is 5.69 Å². The number of aliphatic imine (C=N–C) groups is 1. The molecule has 162 valence electrons. The Morgan fingerprint density at radius 2 is 2.19 bits per heavy atom. The van der Waals surface area contributed by atoms with Crippen LogP contribution < -0.4 is 0 Å². The number of aromatic amines is 1. The highest BCUT2D eigenvalue weighted by molar-refractivity contribution is 8.14. The maximum absolute atomic E-state index is 12.0. The van der Waals surface area contributed by atoms with Crippen molar-refractivity contribution >= 4 is 39.4 Å². The lowest BCUT2D eigenvalue weighted by Gasteiger charge is -2.17. The van der Waals surface area contributed by atoms with Gasteiger partial charge in [0.1, 0.15) is 17.2 Å². The predicted molar refractivity (Wildman–Crippen MR) is 119 cm³/mol. The van der Waals surface area contributed by atoms with Crippen molar-refractivity contribution in [1.29, 1.82) is 0 Å². The summed E-state index contributed by atoms with van der Waals surface area (Å²) in [4.78, 5) is 31.1. The number of nitro groups is 1. The highest BCUT2D eigenvalue weighted by atomic mass is 32.2. The summed E-state index contributed by atoms with van der Waals surface area (Å²) in [5, 5.41) is 17.3. The minimum absolute atomic E-state index is 0.0187. The fraction of sp³-hybridized carbons (Fsp3) is 0.381. The molecule has 1 unspecified atom stereocenters. The zero-order valence-electron chi connectivity index (χ0n) is 17.5. The molecule has 1 aromatic carbocycles. The minimum Gasteiger partial charge on any atom is -0.463 e. The highest BCUT2D eigenvalue weighted by Crippen LogP contribution is 2.31. The molecule has 9 nitrogen and oxygen atoms in total. The zero-order chi connectivity index (χ0) is 22.2. The third-order valence-electron chi connectivity index (χ3n) is 4.83. The number of carbonyl (C=O) groups excluding carboxylic acids is 1. The molecule has 1 atom stereocenters. The van der Waals surface area contributed by atoms with E-state index in [4.69, 9.17) is 4.74 Å². The molecular weight excluding hydrogens is 418 g/mol. The quantitative estimate of drug-likeness (QED) is 0.354. The number of H-pyrrole nitrogens is 1. The Balaban J connectivity index is 1.58. The molecule has 0 bridgehead atoms. The first-order chi connectivity index (χ1) is 14.7. The fourth-order valence-corrected chi connectivity index (χ4v) is 4.26. The molecule has 1 aliphatic rings. The van der Waals surface area contributed by atoms with Gasteiger partial charge in [0.2, 0.25) is 0 Å². The molecule has 3 aromatic rings. The number of rotatable bonds is 6. The Hall–Kier alpha value is -3.14. The number of nitrogens with zero attached hydrogens (tertiary/aromatic N) is 4. The average molecular weight is 442 g/mol. The van der Waals surface area contributed by atoms with Crippen LogP contribution >= 0.6 is 11.8 Å². The van der Waals surface area contributed by atoms with Gasteiger partial charge >= 0.3 is 5.97 Å². The van der Waals surface area contributed by atoms with Crippen LogP contribution in [0, 0.1) is 15.5 Å². The van der Waals surface area contributed by atoms with Crippen LogP contribution in [0.3, 0.4) is 0 Å². The van der Waals surface area contributed by atoms with Crippen LogP contribution in [0.1, 0.15) is 32.0 Å². The number of hydrogen-bond acceptors (Lipinski definition) is 7. The third-order valence-corrected chi connectivity index (χ3v) is 5.98. The number of nitrogens with one attached hydrogen (secondary N) is 1. The first-order valence-corrected chi connectivity index (χ1v) is 10.8. The van der Waals surface area contributed by atoms with Crippen LogP contribution in [0.4, 0.5) is 5.69 Å². The number of thioether (sulfide) groups is 1. The van der Waals surface area contributed by atoms with Gasteiger partial charge in [-0.2, -0.15) is 5.10 Å². The lowest BCUT2D eigenvalue weighted by Crippen LogP contribution is -2.26. The Bertz CT molecular complexity index is 1160. The molecule has 0 fully saturated rings. The summed E-state index contributed by atoms with van der Waals surface area (Å²) in [5.74, 6) is 0.432. The third kappa shape index (κ3) is 4.63. The van der Waals surface area contributed by atoms with Crippen molar-refractivity contribution in [3.8, 4) is 0 Å². The minimum atomic E-state index is -0.553.